The Morgan fingerprint density at radius 2 is 1.75 bits per heavy atom. The van der Waals surface area contributed by atoms with Crippen LogP contribution in [0, 0.1) is 6.92 Å². The molecule has 0 aliphatic rings. The molecule has 0 bridgehead atoms. The van der Waals surface area contributed by atoms with Crippen LogP contribution in [-0.2, 0) is 12.6 Å². The summed E-state index contributed by atoms with van der Waals surface area (Å²) in [4.78, 5) is 2.43. The minimum atomic E-state index is -4.27. The van der Waals surface area contributed by atoms with E-state index in [0.29, 0.717) is 6.42 Å². The molecular formula is C15H16F3NS. The van der Waals surface area contributed by atoms with Crippen molar-refractivity contribution in [1.82, 2.24) is 5.32 Å². The van der Waals surface area contributed by atoms with Crippen LogP contribution in [0.25, 0.3) is 0 Å². The zero-order chi connectivity index (χ0) is 14.8. The number of likely N-dealkylation sites (N-methyl/N-ethyl adjacent to an activating group) is 1. The van der Waals surface area contributed by atoms with Crippen molar-refractivity contribution in [1.29, 1.82) is 0 Å². The number of hydrogen-bond acceptors (Lipinski definition) is 2. The van der Waals surface area contributed by atoms with E-state index < -0.39 is 11.7 Å². The highest BCUT2D eigenvalue weighted by Gasteiger charge is 2.30. The van der Waals surface area contributed by atoms with Crippen LogP contribution in [0.5, 0.6) is 0 Å². The van der Waals surface area contributed by atoms with Gasteiger partial charge in [0.2, 0.25) is 0 Å². The summed E-state index contributed by atoms with van der Waals surface area (Å²) in [6.07, 6.45) is -3.60. The quantitative estimate of drug-likeness (QED) is 0.871. The van der Waals surface area contributed by atoms with Crippen LogP contribution < -0.4 is 5.32 Å². The highest BCUT2D eigenvalue weighted by molar-refractivity contribution is 7.12. The Morgan fingerprint density at radius 3 is 2.20 bits per heavy atom. The van der Waals surface area contributed by atoms with Crippen molar-refractivity contribution in [3.8, 4) is 0 Å². The van der Waals surface area contributed by atoms with Gasteiger partial charge >= 0.3 is 6.18 Å². The fourth-order valence-corrected chi connectivity index (χ4v) is 3.04. The van der Waals surface area contributed by atoms with Gasteiger partial charge in [-0.05, 0) is 50.2 Å². The van der Waals surface area contributed by atoms with Gasteiger partial charge in [0.25, 0.3) is 0 Å². The van der Waals surface area contributed by atoms with E-state index in [0.717, 1.165) is 17.7 Å². The van der Waals surface area contributed by atoms with Gasteiger partial charge in [-0.1, -0.05) is 12.1 Å². The number of aryl methyl sites for hydroxylation is 1. The molecule has 20 heavy (non-hydrogen) atoms. The summed E-state index contributed by atoms with van der Waals surface area (Å²) in [5, 5.41) is 3.21. The van der Waals surface area contributed by atoms with Crippen LogP contribution in [0.15, 0.2) is 36.4 Å². The fourth-order valence-electron chi connectivity index (χ4n) is 2.05. The molecule has 0 amide bonds. The summed E-state index contributed by atoms with van der Waals surface area (Å²) in [5.74, 6) is 0. The van der Waals surface area contributed by atoms with E-state index in [1.165, 1.54) is 9.75 Å². The molecule has 0 radical (unpaired) electrons. The van der Waals surface area contributed by atoms with Gasteiger partial charge in [0.1, 0.15) is 0 Å². The van der Waals surface area contributed by atoms with Crippen LogP contribution >= 0.6 is 11.3 Å². The van der Waals surface area contributed by atoms with Crippen LogP contribution in [-0.4, -0.2) is 7.05 Å². The normalized spacial score (nSPS) is 13.4. The Morgan fingerprint density at radius 1 is 1.10 bits per heavy atom. The van der Waals surface area contributed by atoms with E-state index in [4.69, 9.17) is 0 Å². The summed E-state index contributed by atoms with van der Waals surface area (Å²) in [5.41, 5.74) is 0.289. The monoisotopic (exact) mass is 299 g/mol. The van der Waals surface area contributed by atoms with E-state index in [2.05, 4.69) is 17.4 Å². The second-order valence-corrected chi connectivity index (χ2v) is 6.01. The number of benzene rings is 1. The first-order valence-corrected chi connectivity index (χ1v) is 7.11. The second kappa shape index (κ2) is 5.97. The highest BCUT2D eigenvalue weighted by atomic mass is 32.1. The van der Waals surface area contributed by atoms with E-state index in [9.17, 15) is 13.2 Å². The molecule has 2 aromatic rings. The smallest absolute Gasteiger partial charge is 0.312 e. The fraction of sp³-hybridized carbons (Fsp3) is 0.333. The van der Waals surface area contributed by atoms with Gasteiger partial charge in [0.15, 0.2) is 0 Å². The number of thiophene rings is 1. The summed E-state index contributed by atoms with van der Waals surface area (Å²) in [6, 6.07) is 9.62. The molecule has 0 aliphatic heterocycles. The molecule has 0 spiro atoms. The van der Waals surface area contributed by atoms with Gasteiger partial charge in [-0.2, -0.15) is 13.2 Å². The van der Waals surface area contributed by atoms with Gasteiger partial charge < -0.3 is 5.32 Å². The Balaban J connectivity index is 2.12. The van der Waals surface area contributed by atoms with E-state index in [1.54, 1.807) is 23.5 Å². The lowest BCUT2D eigenvalue weighted by molar-refractivity contribution is -0.137. The van der Waals surface area contributed by atoms with Crippen LogP contribution in [0.3, 0.4) is 0 Å². The Kier molecular flexibility index (Phi) is 4.50. The molecule has 1 unspecified atom stereocenters. The number of hydrogen-bond donors (Lipinski definition) is 1. The standard InChI is InChI=1S/C15H16F3NS/c1-10-3-8-14(20-10)13(19-2)9-11-4-6-12(7-5-11)15(16,17)18/h3-8,13,19H,9H2,1-2H3. The maximum absolute atomic E-state index is 12.5. The molecule has 2 rings (SSSR count). The average Bonchev–Trinajstić information content (AvgIpc) is 2.82. The minimum absolute atomic E-state index is 0.130. The zero-order valence-corrected chi connectivity index (χ0v) is 12.1. The van der Waals surface area contributed by atoms with E-state index in [1.807, 2.05) is 14.0 Å². The zero-order valence-electron chi connectivity index (χ0n) is 11.3. The van der Waals surface area contributed by atoms with E-state index >= 15 is 0 Å². The van der Waals surface area contributed by atoms with Crippen molar-refractivity contribution >= 4 is 11.3 Å². The average molecular weight is 299 g/mol. The predicted molar refractivity (Wildman–Crippen MR) is 76.0 cm³/mol. The summed E-state index contributed by atoms with van der Waals surface area (Å²) >= 11 is 1.70. The van der Waals surface area contributed by atoms with Crippen LogP contribution in [0.2, 0.25) is 0 Å². The highest BCUT2D eigenvalue weighted by Crippen LogP contribution is 2.30. The summed E-state index contributed by atoms with van der Waals surface area (Å²) in [7, 11) is 1.86. The van der Waals surface area contributed by atoms with Crippen LogP contribution in [0.1, 0.15) is 26.9 Å². The molecule has 0 fully saturated rings. The second-order valence-electron chi connectivity index (χ2n) is 4.69. The van der Waals surface area contributed by atoms with Gasteiger partial charge in [-0.25, -0.2) is 0 Å². The number of rotatable bonds is 4. The molecule has 1 heterocycles. The first kappa shape index (κ1) is 15.1. The first-order valence-electron chi connectivity index (χ1n) is 6.30. The van der Waals surface area contributed by atoms with Crippen molar-refractivity contribution in [2.75, 3.05) is 7.05 Å². The van der Waals surface area contributed by atoms with Gasteiger partial charge in [-0.3, -0.25) is 0 Å². The third kappa shape index (κ3) is 3.61. The lowest BCUT2D eigenvalue weighted by Gasteiger charge is -2.15. The van der Waals surface area contributed by atoms with Crippen molar-refractivity contribution in [2.45, 2.75) is 25.6 Å². The molecule has 1 atom stereocenters. The number of nitrogens with one attached hydrogen (secondary N) is 1. The SMILES string of the molecule is CNC(Cc1ccc(C(F)(F)F)cc1)c1ccc(C)s1. The third-order valence-electron chi connectivity index (χ3n) is 3.17. The maximum atomic E-state index is 12.5. The molecular weight excluding hydrogens is 283 g/mol. The Hall–Kier alpha value is -1.33. The largest absolute Gasteiger partial charge is 0.416 e. The number of halogens is 3. The summed E-state index contributed by atoms with van der Waals surface area (Å²) < 4.78 is 37.5. The topological polar surface area (TPSA) is 12.0 Å². The van der Waals surface area contributed by atoms with Crippen molar-refractivity contribution in [3.63, 3.8) is 0 Å². The molecule has 1 N–H and O–H groups in total. The molecule has 0 aliphatic carbocycles. The lowest BCUT2D eigenvalue weighted by Crippen LogP contribution is -2.17. The molecule has 1 nitrogen and oxygen atoms in total. The summed E-state index contributed by atoms with van der Waals surface area (Å²) in [6.45, 7) is 2.04. The van der Waals surface area contributed by atoms with Gasteiger partial charge in [0, 0.05) is 15.8 Å². The van der Waals surface area contributed by atoms with Crippen molar-refractivity contribution in [2.24, 2.45) is 0 Å². The molecule has 108 valence electrons. The third-order valence-corrected chi connectivity index (χ3v) is 4.29. The number of alkyl halides is 3. The minimum Gasteiger partial charge on any atom is -0.312 e. The van der Waals surface area contributed by atoms with E-state index in [-0.39, 0.29) is 6.04 Å². The Bertz CT molecular complexity index is 557. The first-order chi connectivity index (χ1) is 9.40. The molecule has 0 saturated carbocycles. The van der Waals surface area contributed by atoms with Crippen LogP contribution in [0.4, 0.5) is 13.2 Å². The molecule has 0 saturated heterocycles. The van der Waals surface area contributed by atoms with Gasteiger partial charge in [-0.15, -0.1) is 11.3 Å². The molecule has 1 aromatic carbocycles. The van der Waals surface area contributed by atoms with Crippen molar-refractivity contribution in [3.05, 3.63) is 57.3 Å². The Labute approximate surface area is 120 Å². The predicted octanol–water partition coefficient (Wildman–Crippen LogP) is 4.58. The molecule has 5 heteroatoms. The molecule has 1 aromatic heterocycles. The van der Waals surface area contributed by atoms with Gasteiger partial charge in [0.05, 0.1) is 5.56 Å². The van der Waals surface area contributed by atoms with Crippen molar-refractivity contribution < 1.29 is 13.2 Å². The lowest BCUT2D eigenvalue weighted by atomic mass is 10.0. The maximum Gasteiger partial charge on any atom is 0.416 e.